The molecule has 114 valence electrons. The van der Waals surface area contributed by atoms with Gasteiger partial charge in [-0.15, -0.1) is 6.04 Å². The van der Waals surface area contributed by atoms with E-state index in [2.05, 4.69) is 40.2 Å². The number of rotatable bonds is 1. The van der Waals surface area contributed by atoms with Crippen molar-refractivity contribution in [1.29, 1.82) is 0 Å². The van der Waals surface area contributed by atoms with Gasteiger partial charge in [-0.3, -0.25) is 0 Å². The summed E-state index contributed by atoms with van der Waals surface area (Å²) >= 11 is 0. The fourth-order valence-electron chi connectivity index (χ4n) is 2.31. The first-order valence-electron chi connectivity index (χ1n) is 7.58. The second-order valence-corrected chi connectivity index (χ2v) is 4.99. The van der Waals surface area contributed by atoms with Crippen LogP contribution in [0.15, 0.2) is 30.3 Å². The molecule has 0 aliphatic carbocycles. The molecule has 1 aliphatic heterocycles. The predicted molar refractivity (Wildman–Crippen MR) is 85.9 cm³/mol. The molecule has 1 aromatic carbocycles. The zero-order chi connectivity index (χ0) is 13.9. The van der Waals surface area contributed by atoms with Crippen LogP contribution in [0.4, 0.5) is 0 Å². The van der Waals surface area contributed by atoms with Gasteiger partial charge < -0.3 is 21.3 Å². The molecule has 1 aromatic rings. The summed E-state index contributed by atoms with van der Waals surface area (Å²) in [5.74, 6) is 0. The van der Waals surface area contributed by atoms with Crippen LogP contribution in [0.2, 0.25) is 0 Å². The molecular formula is C16H24N4Zn-4. The first-order chi connectivity index (χ1) is 9.97. The Morgan fingerprint density at radius 2 is 1.33 bits per heavy atom. The molecule has 1 unspecified atom stereocenters. The van der Waals surface area contributed by atoms with Crippen molar-refractivity contribution < 1.29 is 19.5 Å². The molecule has 0 radical (unpaired) electrons. The fourth-order valence-corrected chi connectivity index (χ4v) is 2.31. The maximum Gasteiger partial charge on any atom is 0 e. The van der Waals surface area contributed by atoms with Crippen molar-refractivity contribution in [2.75, 3.05) is 45.8 Å². The summed E-state index contributed by atoms with van der Waals surface area (Å²) in [6, 6.07) is 10.8. The van der Waals surface area contributed by atoms with E-state index >= 15 is 0 Å². The molecule has 1 atom stereocenters. The smallest absolute Gasteiger partial charge is 0 e. The van der Waals surface area contributed by atoms with Gasteiger partial charge in [0.05, 0.1) is 0 Å². The van der Waals surface area contributed by atoms with E-state index in [-0.39, 0.29) is 25.5 Å². The van der Waals surface area contributed by atoms with Crippen molar-refractivity contribution in [3.63, 3.8) is 0 Å². The van der Waals surface area contributed by atoms with Crippen molar-refractivity contribution >= 4 is 0 Å². The first-order valence-corrected chi connectivity index (χ1v) is 7.58. The monoisotopic (exact) mass is 336 g/mol. The van der Waals surface area contributed by atoms with E-state index in [9.17, 15) is 0 Å². The number of benzene rings is 1. The van der Waals surface area contributed by atoms with E-state index in [4.69, 9.17) is 5.32 Å². The van der Waals surface area contributed by atoms with Crippen LogP contribution in [0.1, 0.15) is 24.4 Å². The SMILES string of the molecule is [Zn].c1ccc(C2CC[N-]CC[N-]CCC[N-]CC[N-]2)cc1. The summed E-state index contributed by atoms with van der Waals surface area (Å²) in [6.45, 7) is 6.05. The average Bonchev–Trinajstić information content (AvgIpc) is 2.50. The molecule has 0 aromatic heterocycles. The van der Waals surface area contributed by atoms with Crippen LogP contribution in [0, 0.1) is 0 Å². The van der Waals surface area contributed by atoms with Crippen LogP contribution < -0.4 is 0 Å². The van der Waals surface area contributed by atoms with Crippen LogP contribution in [0.25, 0.3) is 21.3 Å². The van der Waals surface area contributed by atoms with Gasteiger partial charge in [0.2, 0.25) is 0 Å². The van der Waals surface area contributed by atoms with E-state index in [1.54, 1.807) is 0 Å². The van der Waals surface area contributed by atoms with Gasteiger partial charge in [0.1, 0.15) is 0 Å². The van der Waals surface area contributed by atoms with Crippen LogP contribution in [-0.2, 0) is 19.5 Å². The Kier molecular flexibility index (Phi) is 10.9. The van der Waals surface area contributed by atoms with Gasteiger partial charge in [0, 0.05) is 19.5 Å². The van der Waals surface area contributed by atoms with Crippen LogP contribution >= 0.6 is 0 Å². The topological polar surface area (TPSA) is 56.4 Å². The quantitative estimate of drug-likeness (QED) is 0.695. The van der Waals surface area contributed by atoms with Gasteiger partial charge in [-0.2, -0.15) is 45.8 Å². The fraction of sp³-hybridized carbons (Fsp3) is 0.625. The van der Waals surface area contributed by atoms with E-state index in [0.717, 1.165) is 58.7 Å². The van der Waals surface area contributed by atoms with Crippen LogP contribution in [0.5, 0.6) is 0 Å². The van der Waals surface area contributed by atoms with E-state index < -0.39 is 0 Å². The van der Waals surface area contributed by atoms with Crippen LogP contribution in [-0.4, -0.2) is 45.8 Å². The Balaban J connectivity index is 0.00000220. The standard InChI is InChI=1S/C16H24N4.Zn/c1-2-5-15(6-3-1)16-7-10-19-12-11-17-8-4-9-18-13-14-20-16;/h1-3,5-6,16H,4,7-14H2;/q-4;. The third-order valence-electron chi connectivity index (χ3n) is 3.40. The van der Waals surface area contributed by atoms with Gasteiger partial charge in [-0.1, -0.05) is 48.7 Å². The second-order valence-electron chi connectivity index (χ2n) is 4.99. The van der Waals surface area contributed by atoms with Crippen molar-refractivity contribution in [2.24, 2.45) is 0 Å². The van der Waals surface area contributed by atoms with E-state index in [0.29, 0.717) is 0 Å². The average molecular weight is 338 g/mol. The minimum absolute atomic E-state index is 0. The molecule has 5 heteroatoms. The molecule has 1 fully saturated rings. The largest absolute Gasteiger partial charge is 0.664 e. The molecule has 21 heavy (non-hydrogen) atoms. The molecule has 0 N–H and O–H groups in total. The normalized spacial score (nSPS) is 22.8. The van der Waals surface area contributed by atoms with Crippen molar-refractivity contribution in [3.8, 4) is 0 Å². The zero-order valence-electron chi connectivity index (χ0n) is 12.8. The number of nitrogens with zero attached hydrogens (tertiary/aromatic N) is 4. The molecule has 0 amide bonds. The number of hydrogen-bond donors (Lipinski definition) is 0. The van der Waals surface area contributed by atoms with Gasteiger partial charge >= 0.3 is 0 Å². The molecule has 1 aliphatic rings. The first kappa shape index (κ1) is 18.7. The minimum atomic E-state index is 0. The Morgan fingerprint density at radius 3 is 2.05 bits per heavy atom. The van der Waals surface area contributed by atoms with E-state index in [1.807, 2.05) is 6.07 Å². The Hall–Kier alpha value is -0.317. The molecule has 2 rings (SSSR count). The molecule has 1 heterocycles. The number of hydrogen-bond acceptors (Lipinski definition) is 0. The summed E-state index contributed by atoms with van der Waals surface area (Å²) in [7, 11) is 0. The Labute approximate surface area is 141 Å². The third-order valence-corrected chi connectivity index (χ3v) is 3.40. The van der Waals surface area contributed by atoms with Crippen molar-refractivity contribution in [3.05, 3.63) is 57.2 Å². The summed E-state index contributed by atoms with van der Waals surface area (Å²) in [5, 5.41) is 18.3. The van der Waals surface area contributed by atoms with Gasteiger partial charge in [0.25, 0.3) is 0 Å². The van der Waals surface area contributed by atoms with Crippen molar-refractivity contribution in [1.82, 2.24) is 0 Å². The Bertz CT molecular complexity index is 333. The molecular weight excluding hydrogens is 314 g/mol. The van der Waals surface area contributed by atoms with Gasteiger partial charge in [0.15, 0.2) is 0 Å². The second kappa shape index (κ2) is 12.2. The molecule has 4 nitrogen and oxygen atoms in total. The summed E-state index contributed by atoms with van der Waals surface area (Å²) in [6.07, 6.45) is 2.05. The molecule has 0 bridgehead atoms. The van der Waals surface area contributed by atoms with Crippen molar-refractivity contribution in [2.45, 2.75) is 18.9 Å². The van der Waals surface area contributed by atoms with Gasteiger partial charge in [-0.25, -0.2) is 0 Å². The Morgan fingerprint density at radius 1 is 0.714 bits per heavy atom. The minimum Gasteiger partial charge on any atom is -0.664 e. The summed E-state index contributed by atoms with van der Waals surface area (Å²) in [4.78, 5) is 0. The molecule has 0 spiro atoms. The maximum absolute atomic E-state index is 4.80. The molecule has 0 saturated carbocycles. The van der Waals surface area contributed by atoms with Gasteiger partial charge in [-0.05, 0) is 0 Å². The maximum atomic E-state index is 4.80. The zero-order valence-corrected chi connectivity index (χ0v) is 15.8. The summed E-state index contributed by atoms with van der Waals surface area (Å²) < 4.78 is 0. The van der Waals surface area contributed by atoms with E-state index in [1.165, 1.54) is 5.56 Å². The predicted octanol–water partition coefficient (Wildman–Crippen LogP) is 4.01. The third kappa shape index (κ3) is 8.03. The molecule has 1 saturated heterocycles. The van der Waals surface area contributed by atoms with Crippen LogP contribution in [0.3, 0.4) is 0 Å². The summed E-state index contributed by atoms with van der Waals surface area (Å²) in [5.41, 5.74) is 1.29.